The summed E-state index contributed by atoms with van der Waals surface area (Å²) in [5.74, 6) is -0.122. The van der Waals surface area contributed by atoms with Crippen LogP contribution < -0.4 is 5.32 Å². The van der Waals surface area contributed by atoms with Crippen LogP contribution in [0.4, 0.5) is 13.2 Å². The van der Waals surface area contributed by atoms with Crippen molar-refractivity contribution < 1.29 is 18.0 Å². The maximum Gasteiger partial charge on any atom is 0.416 e. The first-order valence-corrected chi connectivity index (χ1v) is 7.73. The highest BCUT2D eigenvalue weighted by molar-refractivity contribution is 5.83. The van der Waals surface area contributed by atoms with Gasteiger partial charge in [-0.25, -0.2) is 0 Å². The quantitative estimate of drug-likeness (QED) is 0.915. The van der Waals surface area contributed by atoms with Crippen molar-refractivity contribution in [2.75, 3.05) is 0 Å². The first-order chi connectivity index (χ1) is 11.4. The summed E-state index contributed by atoms with van der Waals surface area (Å²) in [4.78, 5) is 16.3. The van der Waals surface area contributed by atoms with Gasteiger partial charge in [-0.15, -0.1) is 0 Å². The lowest BCUT2D eigenvalue weighted by Crippen LogP contribution is -2.28. The van der Waals surface area contributed by atoms with E-state index in [0.717, 1.165) is 24.1 Å². The molecule has 1 fully saturated rings. The fourth-order valence-electron chi connectivity index (χ4n) is 2.84. The van der Waals surface area contributed by atoms with Gasteiger partial charge < -0.3 is 5.32 Å². The van der Waals surface area contributed by atoms with E-state index in [4.69, 9.17) is 0 Å². The Kier molecular flexibility index (Phi) is 4.30. The summed E-state index contributed by atoms with van der Waals surface area (Å²) < 4.78 is 38.3. The Labute approximate surface area is 137 Å². The van der Waals surface area contributed by atoms with Crippen molar-refractivity contribution in [1.29, 1.82) is 0 Å². The number of halogens is 3. The van der Waals surface area contributed by atoms with Gasteiger partial charge in [-0.05, 0) is 48.6 Å². The Bertz CT molecular complexity index is 731. The molecule has 0 saturated heterocycles. The topological polar surface area (TPSA) is 42.0 Å². The lowest BCUT2D eigenvalue weighted by Gasteiger charge is -2.16. The second kappa shape index (κ2) is 6.26. The first-order valence-electron chi connectivity index (χ1n) is 7.73. The van der Waals surface area contributed by atoms with Crippen molar-refractivity contribution in [3.05, 3.63) is 65.5 Å². The molecule has 0 bridgehead atoms. The molecule has 24 heavy (non-hydrogen) atoms. The number of aromatic nitrogens is 1. The Balaban J connectivity index is 1.63. The highest BCUT2D eigenvalue weighted by atomic mass is 19.4. The van der Waals surface area contributed by atoms with E-state index in [2.05, 4.69) is 10.3 Å². The third kappa shape index (κ3) is 3.58. The minimum atomic E-state index is -4.39. The van der Waals surface area contributed by atoms with Gasteiger partial charge in [0.25, 0.3) is 0 Å². The lowest BCUT2D eigenvalue weighted by molar-refractivity contribution is -0.137. The molecule has 3 unspecified atom stereocenters. The Morgan fingerprint density at radius 3 is 2.75 bits per heavy atom. The van der Waals surface area contributed by atoms with Gasteiger partial charge >= 0.3 is 6.18 Å². The van der Waals surface area contributed by atoms with Crippen LogP contribution >= 0.6 is 0 Å². The molecule has 1 saturated carbocycles. The SMILES string of the molecule is CC(NC(=O)C1CC1c1cccnc1)c1cccc(C(F)(F)F)c1. The Morgan fingerprint density at radius 1 is 1.29 bits per heavy atom. The van der Waals surface area contributed by atoms with E-state index < -0.39 is 17.8 Å². The summed E-state index contributed by atoms with van der Waals surface area (Å²) in [5.41, 5.74) is 0.752. The van der Waals surface area contributed by atoms with Crippen LogP contribution in [0.2, 0.25) is 0 Å². The van der Waals surface area contributed by atoms with Crippen LogP contribution in [-0.4, -0.2) is 10.9 Å². The van der Waals surface area contributed by atoms with E-state index in [0.29, 0.717) is 5.56 Å². The van der Waals surface area contributed by atoms with Crippen molar-refractivity contribution in [2.45, 2.75) is 31.5 Å². The largest absolute Gasteiger partial charge is 0.416 e. The standard InChI is InChI=1S/C18H17F3N2O/c1-11(12-4-2-6-14(8-12)18(19,20)21)23-17(24)16-9-15(16)13-5-3-7-22-10-13/h2-8,10-11,15-16H,9H2,1H3,(H,23,24). The van der Waals surface area contributed by atoms with E-state index in [9.17, 15) is 18.0 Å². The number of nitrogens with zero attached hydrogens (tertiary/aromatic N) is 1. The predicted octanol–water partition coefficient (Wildman–Crippen LogP) is 4.08. The van der Waals surface area contributed by atoms with E-state index in [1.54, 1.807) is 25.4 Å². The minimum absolute atomic E-state index is 0.131. The maximum absolute atomic E-state index is 12.8. The third-order valence-corrected chi connectivity index (χ3v) is 4.31. The van der Waals surface area contributed by atoms with Gasteiger partial charge in [0, 0.05) is 18.3 Å². The molecule has 6 heteroatoms. The fourth-order valence-corrected chi connectivity index (χ4v) is 2.84. The molecule has 0 aliphatic heterocycles. The monoisotopic (exact) mass is 334 g/mol. The first kappa shape index (κ1) is 16.5. The fraction of sp³-hybridized carbons (Fsp3) is 0.333. The lowest BCUT2D eigenvalue weighted by atomic mass is 10.0. The van der Waals surface area contributed by atoms with Gasteiger partial charge in [-0.2, -0.15) is 13.2 Å². The molecule has 1 heterocycles. The van der Waals surface area contributed by atoms with Gasteiger partial charge in [0.1, 0.15) is 0 Å². The molecular weight excluding hydrogens is 317 g/mol. The molecule has 3 nitrogen and oxygen atoms in total. The summed E-state index contributed by atoms with van der Waals surface area (Å²) >= 11 is 0. The molecule has 2 aromatic rings. The van der Waals surface area contributed by atoms with Gasteiger partial charge in [0.05, 0.1) is 11.6 Å². The second-order valence-corrected chi connectivity index (χ2v) is 6.09. The molecule has 126 valence electrons. The number of carbonyl (C=O) groups is 1. The zero-order valence-corrected chi connectivity index (χ0v) is 13.0. The summed E-state index contributed by atoms with van der Waals surface area (Å²) in [7, 11) is 0. The summed E-state index contributed by atoms with van der Waals surface area (Å²) in [5, 5.41) is 2.81. The smallest absolute Gasteiger partial charge is 0.349 e. The number of carbonyl (C=O) groups excluding carboxylic acids is 1. The molecule has 0 spiro atoms. The van der Waals surface area contributed by atoms with Gasteiger partial charge in [-0.1, -0.05) is 18.2 Å². The summed E-state index contributed by atoms with van der Waals surface area (Å²) in [6.45, 7) is 1.69. The van der Waals surface area contributed by atoms with Crippen molar-refractivity contribution >= 4 is 5.91 Å². The number of pyridine rings is 1. The summed E-state index contributed by atoms with van der Waals surface area (Å²) in [6, 6.07) is 8.33. The molecular formula is C18H17F3N2O. The van der Waals surface area contributed by atoms with E-state index >= 15 is 0 Å². The molecule has 3 atom stereocenters. The predicted molar refractivity (Wildman–Crippen MR) is 83.1 cm³/mol. The second-order valence-electron chi connectivity index (χ2n) is 6.09. The number of benzene rings is 1. The molecule has 0 radical (unpaired) electrons. The molecule has 1 aromatic heterocycles. The van der Waals surface area contributed by atoms with Gasteiger partial charge in [-0.3, -0.25) is 9.78 Å². The average Bonchev–Trinajstić information content (AvgIpc) is 3.36. The zero-order chi connectivity index (χ0) is 17.3. The van der Waals surface area contributed by atoms with Crippen LogP contribution in [0.5, 0.6) is 0 Å². The Hall–Kier alpha value is -2.37. The summed E-state index contributed by atoms with van der Waals surface area (Å²) in [6.07, 6.45) is -0.223. The molecule has 1 aromatic carbocycles. The van der Waals surface area contributed by atoms with Crippen LogP contribution in [0.15, 0.2) is 48.8 Å². The van der Waals surface area contributed by atoms with Crippen LogP contribution in [0.3, 0.4) is 0 Å². The molecule has 1 amide bonds. The number of alkyl halides is 3. The molecule has 3 rings (SSSR count). The highest BCUT2D eigenvalue weighted by Crippen LogP contribution is 2.47. The number of amides is 1. The number of rotatable bonds is 4. The van der Waals surface area contributed by atoms with Crippen molar-refractivity contribution in [3.8, 4) is 0 Å². The maximum atomic E-state index is 12.8. The van der Waals surface area contributed by atoms with Crippen molar-refractivity contribution in [3.63, 3.8) is 0 Å². The van der Waals surface area contributed by atoms with Crippen LogP contribution in [0.1, 0.15) is 42.0 Å². The molecule has 1 N–H and O–H groups in total. The van der Waals surface area contributed by atoms with E-state index in [1.165, 1.54) is 6.07 Å². The Morgan fingerprint density at radius 2 is 2.08 bits per heavy atom. The average molecular weight is 334 g/mol. The van der Waals surface area contributed by atoms with E-state index in [-0.39, 0.29) is 17.7 Å². The molecule has 1 aliphatic carbocycles. The van der Waals surface area contributed by atoms with Crippen molar-refractivity contribution in [2.24, 2.45) is 5.92 Å². The molecule has 1 aliphatic rings. The number of hydrogen-bond acceptors (Lipinski definition) is 2. The normalized spacial score (nSPS) is 21.2. The van der Waals surface area contributed by atoms with Gasteiger partial charge in [0.15, 0.2) is 0 Å². The zero-order valence-electron chi connectivity index (χ0n) is 13.0. The number of hydrogen-bond donors (Lipinski definition) is 1. The van der Waals surface area contributed by atoms with Gasteiger partial charge in [0.2, 0.25) is 5.91 Å². The van der Waals surface area contributed by atoms with Crippen molar-refractivity contribution in [1.82, 2.24) is 10.3 Å². The minimum Gasteiger partial charge on any atom is -0.349 e. The third-order valence-electron chi connectivity index (χ3n) is 4.31. The van der Waals surface area contributed by atoms with Crippen LogP contribution in [-0.2, 0) is 11.0 Å². The van der Waals surface area contributed by atoms with Crippen LogP contribution in [0.25, 0.3) is 0 Å². The number of nitrogens with one attached hydrogen (secondary N) is 1. The van der Waals surface area contributed by atoms with E-state index in [1.807, 2.05) is 12.1 Å². The highest BCUT2D eigenvalue weighted by Gasteiger charge is 2.44. The van der Waals surface area contributed by atoms with Crippen LogP contribution in [0, 0.1) is 5.92 Å².